The zero-order valence-electron chi connectivity index (χ0n) is 7.44. The van der Waals surface area contributed by atoms with Crippen LogP contribution >= 0.6 is 11.6 Å². The predicted molar refractivity (Wildman–Crippen MR) is 55.6 cm³/mol. The Kier molecular flexibility index (Phi) is 1.61. The van der Waals surface area contributed by atoms with Crippen LogP contribution < -0.4 is 0 Å². The Labute approximate surface area is 89.6 Å². The van der Waals surface area contributed by atoms with Crippen molar-refractivity contribution in [2.45, 2.75) is 0 Å². The van der Waals surface area contributed by atoms with Gasteiger partial charge in [-0.3, -0.25) is 9.78 Å². The van der Waals surface area contributed by atoms with Crippen LogP contribution in [-0.4, -0.2) is 10.9 Å². The first-order valence-corrected chi connectivity index (χ1v) is 4.68. The van der Waals surface area contributed by atoms with Crippen LogP contribution in [0.1, 0.15) is 10.4 Å². The van der Waals surface area contributed by atoms with E-state index in [0.29, 0.717) is 16.3 Å². The van der Waals surface area contributed by atoms with Gasteiger partial charge in [0.05, 0.1) is 11.1 Å². The average Bonchev–Trinajstić information content (AvgIpc) is 2.61. The molecular formula is C10H4ClN3O. The van der Waals surface area contributed by atoms with E-state index in [1.54, 1.807) is 18.2 Å². The van der Waals surface area contributed by atoms with Gasteiger partial charge in [0.25, 0.3) is 5.91 Å². The molecule has 0 saturated carbocycles. The van der Waals surface area contributed by atoms with E-state index in [9.17, 15) is 4.79 Å². The summed E-state index contributed by atoms with van der Waals surface area (Å²) in [5, 5.41) is 8.66. The number of benzene rings is 1. The molecule has 1 aliphatic heterocycles. The number of pyridine rings is 1. The van der Waals surface area contributed by atoms with Crippen LogP contribution in [0.2, 0.25) is 5.02 Å². The second kappa shape index (κ2) is 2.84. The second-order valence-corrected chi connectivity index (χ2v) is 3.62. The van der Waals surface area contributed by atoms with Crippen LogP contribution in [0.25, 0.3) is 10.9 Å². The monoisotopic (exact) mass is 217 g/mol. The van der Waals surface area contributed by atoms with Crippen molar-refractivity contribution in [2.75, 3.05) is 0 Å². The van der Waals surface area contributed by atoms with Crippen molar-refractivity contribution >= 4 is 34.1 Å². The fourth-order valence-electron chi connectivity index (χ4n) is 1.56. The standard InChI is InChI=1S/C10H4ClN3O/c11-5-1-2-8-6(3-5)9-7(4-12-8)10(15)14-13-9/h1-4H. The van der Waals surface area contributed by atoms with Crippen LogP contribution in [-0.2, 0) is 0 Å². The molecule has 0 spiro atoms. The zero-order valence-corrected chi connectivity index (χ0v) is 8.19. The Morgan fingerprint density at radius 3 is 2.93 bits per heavy atom. The largest absolute Gasteiger partial charge is 0.299 e. The molecular weight excluding hydrogens is 214 g/mol. The lowest BCUT2D eigenvalue weighted by Crippen LogP contribution is -1.90. The quantitative estimate of drug-likeness (QED) is 0.681. The number of hydrogen-bond acceptors (Lipinski definition) is 3. The number of carbonyl (C=O) groups excluding carboxylic acids is 1. The van der Waals surface area contributed by atoms with Gasteiger partial charge in [0, 0.05) is 16.6 Å². The fourth-order valence-corrected chi connectivity index (χ4v) is 1.74. The molecule has 3 rings (SSSR count). The van der Waals surface area contributed by atoms with E-state index in [1.165, 1.54) is 6.20 Å². The maximum absolute atomic E-state index is 11.3. The summed E-state index contributed by atoms with van der Waals surface area (Å²) in [7, 11) is 0. The number of fused-ring (bicyclic) bond motifs is 3. The molecule has 1 aromatic carbocycles. The molecule has 0 radical (unpaired) electrons. The van der Waals surface area contributed by atoms with Crippen LogP contribution in [0.3, 0.4) is 0 Å². The van der Waals surface area contributed by atoms with Gasteiger partial charge in [-0.2, -0.15) is 0 Å². The summed E-state index contributed by atoms with van der Waals surface area (Å²) < 4.78 is 0. The van der Waals surface area contributed by atoms with Gasteiger partial charge >= 0.3 is 0 Å². The maximum Gasteiger partial charge on any atom is 0.299 e. The highest BCUT2D eigenvalue weighted by Crippen LogP contribution is 2.34. The van der Waals surface area contributed by atoms with Gasteiger partial charge in [-0.25, -0.2) is 0 Å². The summed E-state index contributed by atoms with van der Waals surface area (Å²) in [4.78, 5) is 15.4. The van der Waals surface area contributed by atoms with Crippen LogP contribution in [0.4, 0.5) is 5.69 Å². The Bertz CT molecular complexity index is 621. The molecule has 2 aromatic rings. The van der Waals surface area contributed by atoms with E-state index in [4.69, 9.17) is 11.6 Å². The van der Waals surface area contributed by atoms with Crippen molar-refractivity contribution < 1.29 is 4.79 Å². The molecule has 1 amide bonds. The van der Waals surface area contributed by atoms with Crippen molar-refractivity contribution in [1.29, 1.82) is 0 Å². The third kappa shape index (κ3) is 1.15. The first kappa shape index (κ1) is 8.49. The van der Waals surface area contributed by atoms with Crippen molar-refractivity contribution in [3.8, 4) is 0 Å². The van der Waals surface area contributed by atoms with Gasteiger partial charge < -0.3 is 0 Å². The van der Waals surface area contributed by atoms with Gasteiger partial charge in [0.1, 0.15) is 5.69 Å². The van der Waals surface area contributed by atoms with Crippen molar-refractivity contribution in [3.05, 3.63) is 35.0 Å². The van der Waals surface area contributed by atoms with Gasteiger partial charge in [0.15, 0.2) is 0 Å². The molecule has 1 aromatic heterocycles. The average molecular weight is 218 g/mol. The molecule has 0 saturated heterocycles. The molecule has 0 unspecified atom stereocenters. The minimum atomic E-state index is -0.348. The van der Waals surface area contributed by atoms with Gasteiger partial charge in [-0.05, 0) is 18.2 Å². The summed E-state index contributed by atoms with van der Waals surface area (Å²) in [5.74, 6) is -0.348. The number of hydrogen-bond donors (Lipinski definition) is 0. The maximum atomic E-state index is 11.3. The molecule has 0 aliphatic carbocycles. The summed E-state index contributed by atoms with van der Waals surface area (Å²) in [6.07, 6.45) is 1.49. The smallest absolute Gasteiger partial charge is 0.265 e. The number of amides is 1. The third-order valence-corrected chi connectivity index (χ3v) is 2.51. The van der Waals surface area contributed by atoms with E-state index >= 15 is 0 Å². The lowest BCUT2D eigenvalue weighted by atomic mass is 10.1. The van der Waals surface area contributed by atoms with E-state index in [-0.39, 0.29) is 5.91 Å². The highest BCUT2D eigenvalue weighted by Gasteiger charge is 2.20. The first-order valence-electron chi connectivity index (χ1n) is 4.30. The molecule has 0 atom stereocenters. The van der Waals surface area contributed by atoms with Crippen molar-refractivity contribution in [2.24, 2.45) is 10.2 Å². The van der Waals surface area contributed by atoms with Crippen LogP contribution in [0.5, 0.6) is 0 Å². The molecule has 72 valence electrons. The number of rotatable bonds is 0. The van der Waals surface area contributed by atoms with E-state index in [1.807, 2.05) is 0 Å². The Morgan fingerprint density at radius 1 is 1.20 bits per heavy atom. The van der Waals surface area contributed by atoms with Gasteiger partial charge in [-0.1, -0.05) is 11.6 Å². The number of halogens is 1. The highest BCUT2D eigenvalue weighted by molar-refractivity contribution is 6.31. The topological polar surface area (TPSA) is 54.7 Å². The molecule has 5 heteroatoms. The first-order chi connectivity index (χ1) is 7.25. The predicted octanol–water partition coefficient (Wildman–Crippen LogP) is 3.13. The number of azo groups is 1. The van der Waals surface area contributed by atoms with E-state index in [0.717, 1.165) is 10.9 Å². The lowest BCUT2D eigenvalue weighted by Gasteiger charge is -2.00. The SMILES string of the molecule is O=C1N=Nc2c1cnc1ccc(Cl)cc21. The van der Waals surface area contributed by atoms with Crippen molar-refractivity contribution in [1.82, 2.24) is 4.98 Å². The molecule has 2 heterocycles. The van der Waals surface area contributed by atoms with E-state index in [2.05, 4.69) is 15.2 Å². The minimum Gasteiger partial charge on any atom is -0.265 e. The van der Waals surface area contributed by atoms with Gasteiger partial charge in [-0.15, -0.1) is 10.2 Å². The van der Waals surface area contributed by atoms with Crippen LogP contribution in [0.15, 0.2) is 34.6 Å². The molecule has 4 nitrogen and oxygen atoms in total. The number of nitrogens with zero attached hydrogens (tertiary/aromatic N) is 3. The number of carbonyl (C=O) groups is 1. The highest BCUT2D eigenvalue weighted by atomic mass is 35.5. The van der Waals surface area contributed by atoms with Crippen LogP contribution in [0, 0.1) is 0 Å². The molecule has 15 heavy (non-hydrogen) atoms. The Balaban J connectivity index is 2.47. The Hall–Kier alpha value is -1.81. The molecule has 0 bridgehead atoms. The summed E-state index contributed by atoms with van der Waals surface area (Å²) in [5.41, 5.74) is 1.75. The summed E-state index contributed by atoms with van der Waals surface area (Å²) in [6, 6.07) is 5.27. The molecule has 0 fully saturated rings. The molecule has 1 aliphatic rings. The van der Waals surface area contributed by atoms with Crippen molar-refractivity contribution in [3.63, 3.8) is 0 Å². The Morgan fingerprint density at radius 2 is 2.07 bits per heavy atom. The third-order valence-electron chi connectivity index (χ3n) is 2.27. The minimum absolute atomic E-state index is 0.348. The molecule has 0 N–H and O–H groups in total. The summed E-state index contributed by atoms with van der Waals surface area (Å²) in [6.45, 7) is 0. The van der Waals surface area contributed by atoms with E-state index < -0.39 is 0 Å². The zero-order chi connectivity index (χ0) is 10.4. The summed E-state index contributed by atoms with van der Waals surface area (Å²) >= 11 is 5.87. The lowest BCUT2D eigenvalue weighted by molar-refractivity contribution is 0.100. The fraction of sp³-hybridized carbons (Fsp3) is 0. The second-order valence-electron chi connectivity index (χ2n) is 3.19. The normalized spacial score (nSPS) is 13.5. The number of aromatic nitrogens is 1. The van der Waals surface area contributed by atoms with Gasteiger partial charge in [0.2, 0.25) is 0 Å².